The lowest BCUT2D eigenvalue weighted by Crippen LogP contribution is -2.38. The highest BCUT2D eigenvalue weighted by Gasteiger charge is 2.33. The highest BCUT2D eigenvalue weighted by Crippen LogP contribution is 2.26. The van der Waals surface area contributed by atoms with Crippen LogP contribution in [0.25, 0.3) is 0 Å². The van der Waals surface area contributed by atoms with E-state index in [1.165, 1.54) is 0 Å². The SMILES string of the molecule is CCOC(=O)[C@@H](O)C1CCCC/C1=N/C(=O)OCc1ccccc1. The zero-order valence-corrected chi connectivity index (χ0v) is 13.8. The molecule has 24 heavy (non-hydrogen) atoms. The van der Waals surface area contributed by atoms with Gasteiger partial charge in [0, 0.05) is 11.6 Å². The van der Waals surface area contributed by atoms with Crippen molar-refractivity contribution in [2.45, 2.75) is 45.3 Å². The Morgan fingerprint density at radius 3 is 2.71 bits per heavy atom. The van der Waals surface area contributed by atoms with Gasteiger partial charge in [-0.2, -0.15) is 4.99 Å². The Balaban J connectivity index is 1.98. The first-order valence-corrected chi connectivity index (χ1v) is 8.24. The van der Waals surface area contributed by atoms with Gasteiger partial charge in [-0.3, -0.25) is 0 Å². The second kappa shape index (κ2) is 9.17. The van der Waals surface area contributed by atoms with Crippen LogP contribution in [0.2, 0.25) is 0 Å². The fraction of sp³-hybridized carbons (Fsp3) is 0.500. The number of esters is 1. The summed E-state index contributed by atoms with van der Waals surface area (Å²) in [4.78, 5) is 27.7. The fourth-order valence-corrected chi connectivity index (χ4v) is 2.76. The maximum Gasteiger partial charge on any atom is 0.433 e. The van der Waals surface area contributed by atoms with Crippen molar-refractivity contribution in [3.8, 4) is 0 Å². The van der Waals surface area contributed by atoms with Crippen LogP contribution in [-0.2, 0) is 20.9 Å². The molecule has 1 aliphatic carbocycles. The third kappa shape index (κ3) is 5.16. The van der Waals surface area contributed by atoms with Crippen LogP contribution in [0.1, 0.15) is 38.2 Å². The molecule has 0 spiro atoms. The molecule has 1 aromatic carbocycles. The second-order valence-corrected chi connectivity index (χ2v) is 5.69. The first-order valence-electron chi connectivity index (χ1n) is 8.24. The number of benzene rings is 1. The number of aliphatic hydroxyl groups excluding tert-OH is 1. The van der Waals surface area contributed by atoms with Crippen molar-refractivity contribution in [2.24, 2.45) is 10.9 Å². The van der Waals surface area contributed by atoms with Gasteiger partial charge in [-0.15, -0.1) is 0 Å². The van der Waals surface area contributed by atoms with E-state index in [-0.39, 0.29) is 13.2 Å². The lowest BCUT2D eigenvalue weighted by atomic mass is 9.83. The largest absolute Gasteiger partial charge is 0.464 e. The first-order chi connectivity index (χ1) is 11.6. The van der Waals surface area contributed by atoms with Gasteiger partial charge in [-0.05, 0) is 31.7 Å². The summed E-state index contributed by atoms with van der Waals surface area (Å²) in [5.41, 5.74) is 1.39. The number of ether oxygens (including phenoxy) is 2. The lowest BCUT2D eigenvalue weighted by molar-refractivity contribution is -0.154. The average Bonchev–Trinajstić information content (AvgIpc) is 2.61. The summed E-state index contributed by atoms with van der Waals surface area (Å²) in [5.74, 6) is -1.16. The predicted octanol–water partition coefficient (Wildman–Crippen LogP) is 2.88. The molecule has 1 aliphatic rings. The molecule has 6 heteroatoms. The van der Waals surface area contributed by atoms with Crippen molar-refractivity contribution in [2.75, 3.05) is 6.61 Å². The van der Waals surface area contributed by atoms with Crippen LogP contribution < -0.4 is 0 Å². The van der Waals surface area contributed by atoms with Crippen LogP contribution >= 0.6 is 0 Å². The van der Waals surface area contributed by atoms with Crippen molar-refractivity contribution in [3.63, 3.8) is 0 Å². The molecule has 0 saturated heterocycles. The fourth-order valence-electron chi connectivity index (χ4n) is 2.76. The molecule has 130 valence electrons. The van der Waals surface area contributed by atoms with Gasteiger partial charge in [0.2, 0.25) is 0 Å². The van der Waals surface area contributed by atoms with Crippen LogP contribution in [0.5, 0.6) is 0 Å². The number of nitrogens with zero attached hydrogens (tertiary/aromatic N) is 1. The van der Waals surface area contributed by atoms with Gasteiger partial charge in [-0.25, -0.2) is 9.59 Å². The minimum Gasteiger partial charge on any atom is -0.464 e. The standard InChI is InChI=1S/C18H23NO5/c1-2-23-17(21)16(20)14-10-6-7-11-15(14)19-18(22)24-12-13-8-4-3-5-9-13/h3-5,8-9,14,16,20H,2,6-7,10-12H2,1H3/b19-15-/t14?,16-/m0/s1. The number of carbonyl (C=O) groups is 2. The summed E-state index contributed by atoms with van der Waals surface area (Å²) in [6.45, 7) is 2.02. The molecule has 1 fully saturated rings. The Kier molecular flexibility index (Phi) is 6.93. The number of hydrogen-bond donors (Lipinski definition) is 1. The molecular formula is C18H23NO5. The number of amides is 1. The number of rotatable bonds is 5. The van der Waals surface area contributed by atoms with Gasteiger partial charge < -0.3 is 14.6 Å². The Bertz CT molecular complexity index is 584. The van der Waals surface area contributed by atoms with E-state index in [2.05, 4.69) is 4.99 Å². The number of aliphatic imine (C=N–C) groups is 1. The molecule has 1 amide bonds. The van der Waals surface area contributed by atoms with Crippen molar-refractivity contribution < 1.29 is 24.2 Å². The molecule has 1 saturated carbocycles. The summed E-state index contributed by atoms with van der Waals surface area (Å²) in [6.07, 6.45) is 0.935. The van der Waals surface area contributed by atoms with E-state index >= 15 is 0 Å². The van der Waals surface area contributed by atoms with Crippen molar-refractivity contribution in [1.29, 1.82) is 0 Å². The predicted molar refractivity (Wildman–Crippen MR) is 88.7 cm³/mol. The normalized spacial score (nSPS) is 20.4. The molecule has 1 N–H and O–H groups in total. The summed E-state index contributed by atoms with van der Waals surface area (Å²) in [5, 5.41) is 10.2. The van der Waals surface area contributed by atoms with Crippen molar-refractivity contribution in [3.05, 3.63) is 35.9 Å². The van der Waals surface area contributed by atoms with E-state index in [0.29, 0.717) is 18.6 Å². The van der Waals surface area contributed by atoms with Gasteiger partial charge in [0.1, 0.15) is 6.61 Å². The Morgan fingerprint density at radius 1 is 1.25 bits per heavy atom. The minimum atomic E-state index is -1.29. The Hall–Kier alpha value is -2.21. The third-order valence-electron chi connectivity index (χ3n) is 3.98. The van der Waals surface area contributed by atoms with E-state index < -0.39 is 24.1 Å². The Morgan fingerprint density at radius 2 is 2.00 bits per heavy atom. The zero-order chi connectivity index (χ0) is 17.4. The highest BCUT2D eigenvalue weighted by atomic mass is 16.5. The minimum absolute atomic E-state index is 0.140. The van der Waals surface area contributed by atoms with Gasteiger partial charge in [0.15, 0.2) is 6.10 Å². The quantitative estimate of drug-likeness (QED) is 0.838. The number of hydrogen-bond acceptors (Lipinski definition) is 5. The topological polar surface area (TPSA) is 85.2 Å². The summed E-state index contributed by atoms with van der Waals surface area (Å²) < 4.78 is 10.00. The summed E-state index contributed by atoms with van der Waals surface area (Å²) >= 11 is 0. The monoisotopic (exact) mass is 333 g/mol. The van der Waals surface area contributed by atoms with E-state index in [4.69, 9.17) is 9.47 Å². The van der Waals surface area contributed by atoms with Gasteiger partial charge >= 0.3 is 12.1 Å². The maximum absolute atomic E-state index is 11.9. The molecule has 1 unspecified atom stereocenters. The van der Waals surface area contributed by atoms with Crippen LogP contribution in [0.4, 0.5) is 4.79 Å². The zero-order valence-electron chi connectivity index (χ0n) is 13.8. The van der Waals surface area contributed by atoms with E-state index in [0.717, 1.165) is 18.4 Å². The first kappa shape index (κ1) is 18.1. The summed E-state index contributed by atoms with van der Waals surface area (Å²) in [6, 6.07) is 9.32. The van der Waals surface area contributed by atoms with E-state index in [1.54, 1.807) is 6.92 Å². The van der Waals surface area contributed by atoms with Crippen molar-refractivity contribution in [1.82, 2.24) is 0 Å². The molecule has 6 nitrogen and oxygen atoms in total. The Labute approximate surface area is 141 Å². The highest BCUT2D eigenvalue weighted by molar-refractivity contribution is 5.98. The molecular weight excluding hydrogens is 310 g/mol. The summed E-state index contributed by atoms with van der Waals surface area (Å²) in [7, 11) is 0. The molecule has 1 aromatic rings. The van der Waals surface area contributed by atoms with Crippen LogP contribution in [-0.4, -0.2) is 35.6 Å². The van der Waals surface area contributed by atoms with Crippen LogP contribution in [0.3, 0.4) is 0 Å². The van der Waals surface area contributed by atoms with Gasteiger partial charge in [0.25, 0.3) is 0 Å². The van der Waals surface area contributed by atoms with E-state index in [9.17, 15) is 14.7 Å². The molecule has 0 aromatic heterocycles. The molecule has 0 bridgehead atoms. The molecule has 0 radical (unpaired) electrons. The maximum atomic E-state index is 11.9. The number of carbonyl (C=O) groups excluding carboxylic acids is 2. The third-order valence-corrected chi connectivity index (χ3v) is 3.98. The lowest BCUT2D eigenvalue weighted by Gasteiger charge is -2.26. The van der Waals surface area contributed by atoms with Gasteiger partial charge in [0.05, 0.1) is 6.61 Å². The van der Waals surface area contributed by atoms with Crippen molar-refractivity contribution >= 4 is 17.8 Å². The average molecular weight is 333 g/mol. The van der Waals surface area contributed by atoms with E-state index in [1.807, 2.05) is 30.3 Å². The number of aliphatic hydroxyl groups is 1. The van der Waals surface area contributed by atoms with Gasteiger partial charge in [-0.1, -0.05) is 36.8 Å². The molecule has 2 atom stereocenters. The van der Waals surface area contributed by atoms with Crippen LogP contribution in [0.15, 0.2) is 35.3 Å². The molecule has 2 rings (SSSR count). The van der Waals surface area contributed by atoms with Crippen LogP contribution in [0, 0.1) is 5.92 Å². The molecule has 0 aliphatic heterocycles. The second-order valence-electron chi connectivity index (χ2n) is 5.69. The smallest absolute Gasteiger partial charge is 0.433 e. The molecule has 0 heterocycles.